The van der Waals surface area contributed by atoms with Gasteiger partial charge in [-0.2, -0.15) is 0 Å². The lowest BCUT2D eigenvalue weighted by molar-refractivity contribution is -0.122. The average Bonchev–Trinajstić information content (AvgIpc) is 3.31. The van der Waals surface area contributed by atoms with Crippen molar-refractivity contribution in [2.75, 3.05) is 6.54 Å². The van der Waals surface area contributed by atoms with E-state index >= 15 is 0 Å². The second kappa shape index (κ2) is 6.04. The van der Waals surface area contributed by atoms with E-state index in [0.29, 0.717) is 6.54 Å². The van der Waals surface area contributed by atoms with E-state index in [1.54, 1.807) is 6.08 Å². The first kappa shape index (κ1) is 15.5. The lowest BCUT2D eigenvalue weighted by atomic mass is 9.85. The molecule has 0 heterocycles. The maximum atomic E-state index is 12.5. The SMILES string of the molecule is C=CCNC(=O)[C@@H]1CC1(c1ccc(C)cc1)c1ccc(C)cc1. The summed E-state index contributed by atoms with van der Waals surface area (Å²) < 4.78 is 0. The molecule has 23 heavy (non-hydrogen) atoms. The molecular formula is C21H23NO. The van der Waals surface area contributed by atoms with Gasteiger partial charge in [0.2, 0.25) is 5.91 Å². The van der Waals surface area contributed by atoms with Gasteiger partial charge in [0, 0.05) is 12.0 Å². The van der Waals surface area contributed by atoms with Crippen LogP contribution >= 0.6 is 0 Å². The molecule has 0 aromatic heterocycles. The minimum Gasteiger partial charge on any atom is -0.352 e. The number of amides is 1. The van der Waals surface area contributed by atoms with Crippen LogP contribution in [0.25, 0.3) is 0 Å². The average molecular weight is 305 g/mol. The monoisotopic (exact) mass is 305 g/mol. The number of carbonyl (C=O) groups excluding carboxylic acids is 1. The van der Waals surface area contributed by atoms with E-state index in [9.17, 15) is 4.79 Å². The number of aryl methyl sites for hydroxylation is 2. The van der Waals surface area contributed by atoms with Gasteiger partial charge in [-0.25, -0.2) is 0 Å². The van der Waals surface area contributed by atoms with Crippen LogP contribution in [0.1, 0.15) is 28.7 Å². The van der Waals surface area contributed by atoms with E-state index < -0.39 is 0 Å². The van der Waals surface area contributed by atoms with Crippen LogP contribution in [0.3, 0.4) is 0 Å². The minimum atomic E-state index is -0.188. The summed E-state index contributed by atoms with van der Waals surface area (Å²) in [6.45, 7) is 8.36. The topological polar surface area (TPSA) is 29.1 Å². The lowest BCUT2D eigenvalue weighted by Gasteiger charge is -2.19. The Morgan fingerprint density at radius 2 is 1.57 bits per heavy atom. The fourth-order valence-electron chi connectivity index (χ4n) is 3.38. The van der Waals surface area contributed by atoms with Crippen LogP contribution in [0.2, 0.25) is 0 Å². The van der Waals surface area contributed by atoms with Crippen molar-refractivity contribution in [1.29, 1.82) is 0 Å². The molecule has 2 aromatic rings. The first-order chi connectivity index (χ1) is 11.1. The maximum Gasteiger partial charge on any atom is 0.224 e. The molecule has 2 aromatic carbocycles. The van der Waals surface area contributed by atoms with Crippen molar-refractivity contribution in [1.82, 2.24) is 5.32 Å². The maximum absolute atomic E-state index is 12.5. The van der Waals surface area contributed by atoms with Crippen molar-refractivity contribution < 1.29 is 4.79 Å². The van der Waals surface area contributed by atoms with Crippen LogP contribution in [-0.4, -0.2) is 12.5 Å². The Hall–Kier alpha value is -2.35. The van der Waals surface area contributed by atoms with Gasteiger partial charge in [0.25, 0.3) is 0 Å². The fourth-order valence-corrected chi connectivity index (χ4v) is 3.38. The standard InChI is InChI=1S/C21H23NO/c1-4-13-22-20(23)19-14-21(19,17-9-5-15(2)6-10-17)18-11-7-16(3)8-12-18/h4-12,19H,1,13-14H2,2-3H3,(H,22,23)/t19-/m0/s1. The predicted molar refractivity (Wildman–Crippen MR) is 94.5 cm³/mol. The van der Waals surface area contributed by atoms with E-state index in [-0.39, 0.29) is 17.2 Å². The van der Waals surface area contributed by atoms with E-state index in [0.717, 1.165) is 6.42 Å². The summed E-state index contributed by atoms with van der Waals surface area (Å²) in [5, 5.41) is 2.95. The van der Waals surface area contributed by atoms with Gasteiger partial charge in [-0.05, 0) is 31.4 Å². The first-order valence-corrected chi connectivity index (χ1v) is 8.11. The van der Waals surface area contributed by atoms with Gasteiger partial charge in [0.15, 0.2) is 0 Å². The van der Waals surface area contributed by atoms with Gasteiger partial charge in [-0.1, -0.05) is 65.7 Å². The highest BCUT2D eigenvalue weighted by molar-refractivity contribution is 5.86. The van der Waals surface area contributed by atoms with Crippen LogP contribution in [-0.2, 0) is 10.2 Å². The Balaban J connectivity index is 1.98. The fraction of sp³-hybridized carbons (Fsp3) is 0.286. The zero-order chi connectivity index (χ0) is 16.4. The zero-order valence-electron chi connectivity index (χ0n) is 13.8. The molecule has 0 spiro atoms. The van der Waals surface area contributed by atoms with Crippen LogP contribution in [0.4, 0.5) is 0 Å². The molecule has 0 radical (unpaired) electrons. The van der Waals surface area contributed by atoms with Crippen LogP contribution in [0.15, 0.2) is 61.2 Å². The smallest absolute Gasteiger partial charge is 0.224 e. The van der Waals surface area contributed by atoms with Gasteiger partial charge in [-0.15, -0.1) is 6.58 Å². The summed E-state index contributed by atoms with van der Waals surface area (Å²) in [5.74, 6) is 0.110. The van der Waals surface area contributed by atoms with Gasteiger partial charge in [-0.3, -0.25) is 4.79 Å². The third kappa shape index (κ3) is 2.81. The molecule has 1 fully saturated rings. The lowest BCUT2D eigenvalue weighted by Crippen LogP contribution is -2.29. The highest BCUT2D eigenvalue weighted by Crippen LogP contribution is 2.59. The number of benzene rings is 2. The minimum absolute atomic E-state index is 0.00661. The molecule has 118 valence electrons. The summed E-state index contributed by atoms with van der Waals surface area (Å²) in [4.78, 5) is 12.5. The summed E-state index contributed by atoms with van der Waals surface area (Å²) in [5.41, 5.74) is 4.74. The number of rotatable bonds is 5. The Morgan fingerprint density at radius 3 is 2.00 bits per heavy atom. The normalized spacial score (nSPS) is 18.3. The Morgan fingerprint density at radius 1 is 1.09 bits per heavy atom. The summed E-state index contributed by atoms with van der Waals surface area (Å²) in [7, 11) is 0. The molecule has 0 saturated heterocycles. The van der Waals surface area contributed by atoms with Gasteiger partial charge < -0.3 is 5.32 Å². The Bertz CT molecular complexity index is 667. The molecule has 3 rings (SSSR count). The van der Waals surface area contributed by atoms with Crippen LogP contribution < -0.4 is 5.32 Å². The molecule has 1 atom stereocenters. The molecule has 2 heteroatoms. The molecule has 1 N–H and O–H groups in total. The van der Waals surface area contributed by atoms with E-state index in [2.05, 4.69) is 74.3 Å². The Kier molecular flexibility index (Phi) is 4.08. The number of hydrogen-bond donors (Lipinski definition) is 1. The number of carbonyl (C=O) groups is 1. The summed E-state index contributed by atoms with van der Waals surface area (Å²) in [6.07, 6.45) is 2.59. The molecular weight excluding hydrogens is 282 g/mol. The summed E-state index contributed by atoms with van der Waals surface area (Å²) >= 11 is 0. The van der Waals surface area contributed by atoms with Crippen LogP contribution in [0.5, 0.6) is 0 Å². The third-order valence-corrected chi connectivity index (χ3v) is 4.83. The van der Waals surface area contributed by atoms with Crippen molar-refractivity contribution in [2.24, 2.45) is 5.92 Å². The van der Waals surface area contributed by atoms with Gasteiger partial charge in [0.05, 0.1) is 5.92 Å². The molecule has 1 aliphatic carbocycles. The Labute approximate surface area is 138 Å². The van der Waals surface area contributed by atoms with Gasteiger partial charge >= 0.3 is 0 Å². The number of nitrogens with one attached hydrogen (secondary N) is 1. The van der Waals surface area contributed by atoms with Crippen molar-refractivity contribution in [2.45, 2.75) is 25.7 Å². The van der Waals surface area contributed by atoms with E-state index in [1.165, 1.54) is 22.3 Å². The van der Waals surface area contributed by atoms with Crippen molar-refractivity contribution in [3.8, 4) is 0 Å². The predicted octanol–water partition coefficient (Wildman–Crippen LogP) is 3.91. The van der Waals surface area contributed by atoms with E-state index in [4.69, 9.17) is 0 Å². The zero-order valence-corrected chi connectivity index (χ0v) is 13.8. The molecule has 1 amide bonds. The second-order valence-electron chi connectivity index (χ2n) is 6.49. The largest absolute Gasteiger partial charge is 0.352 e. The second-order valence-corrected chi connectivity index (χ2v) is 6.49. The van der Waals surface area contributed by atoms with Crippen molar-refractivity contribution in [3.63, 3.8) is 0 Å². The molecule has 1 saturated carbocycles. The van der Waals surface area contributed by atoms with Crippen molar-refractivity contribution in [3.05, 3.63) is 83.4 Å². The van der Waals surface area contributed by atoms with Crippen LogP contribution in [0, 0.1) is 19.8 Å². The molecule has 0 bridgehead atoms. The molecule has 0 unspecified atom stereocenters. The quantitative estimate of drug-likeness (QED) is 0.834. The molecule has 1 aliphatic rings. The third-order valence-electron chi connectivity index (χ3n) is 4.83. The first-order valence-electron chi connectivity index (χ1n) is 8.11. The van der Waals surface area contributed by atoms with E-state index in [1.807, 2.05) is 0 Å². The van der Waals surface area contributed by atoms with Gasteiger partial charge in [0.1, 0.15) is 0 Å². The highest BCUT2D eigenvalue weighted by Gasteiger charge is 2.60. The van der Waals surface area contributed by atoms with Crippen molar-refractivity contribution >= 4 is 5.91 Å². The molecule has 2 nitrogen and oxygen atoms in total. The summed E-state index contributed by atoms with van der Waals surface area (Å²) in [6, 6.07) is 17.2. The molecule has 0 aliphatic heterocycles. The highest BCUT2D eigenvalue weighted by atomic mass is 16.2. The number of hydrogen-bond acceptors (Lipinski definition) is 1.